The van der Waals surface area contributed by atoms with Crippen molar-refractivity contribution >= 4 is 40.3 Å². The van der Waals surface area contributed by atoms with Gasteiger partial charge < -0.3 is 5.32 Å². The monoisotopic (exact) mass is 398 g/mol. The number of carbonyl (C=O) groups is 1. The Hall–Kier alpha value is -0.590. The van der Waals surface area contributed by atoms with Crippen LogP contribution < -0.4 is 28.8 Å². The molecular formula is C12H13Cl2IN2O. The number of pyridine rings is 1. The van der Waals surface area contributed by atoms with Gasteiger partial charge in [0, 0.05) is 18.4 Å². The molecule has 2 rings (SSSR count). The van der Waals surface area contributed by atoms with E-state index in [4.69, 9.17) is 17.8 Å². The molecule has 98 valence electrons. The molecule has 18 heavy (non-hydrogen) atoms. The summed E-state index contributed by atoms with van der Waals surface area (Å²) >= 11 is -0.466. The van der Waals surface area contributed by atoms with Gasteiger partial charge in [0.05, 0.1) is 0 Å². The average Bonchev–Trinajstić information content (AvgIpc) is 2.29. The first kappa shape index (κ1) is 15.5. The van der Waals surface area contributed by atoms with Crippen LogP contribution in [0.4, 0.5) is 5.69 Å². The number of hydrogen-bond acceptors (Lipinski definition) is 1. The summed E-state index contributed by atoms with van der Waals surface area (Å²) in [5.74, 6) is -0.0507. The van der Waals surface area contributed by atoms with Crippen molar-refractivity contribution in [2.24, 2.45) is 7.05 Å². The summed E-state index contributed by atoms with van der Waals surface area (Å²) in [5.41, 5.74) is 1.97. The molecule has 0 aliphatic carbocycles. The van der Waals surface area contributed by atoms with Crippen LogP contribution in [0.1, 0.15) is 6.92 Å². The summed E-state index contributed by atoms with van der Waals surface area (Å²) < 4.78 is 2.00. The second-order valence-electron chi connectivity index (χ2n) is 3.63. The number of amides is 1. The van der Waals surface area contributed by atoms with Gasteiger partial charge in [-0.1, -0.05) is 12.1 Å². The van der Waals surface area contributed by atoms with Crippen LogP contribution in [0.15, 0.2) is 36.5 Å². The number of halogens is 3. The molecule has 0 saturated carbocycles. The van der Waals surface area contributed by atoms with E-state index in [2.05, 4.69) is 5.32 Å². The molecule has 2 aromatic rings. The molecule has 0 fully saturated rings. The summed E-state index contributed by atoms with van der Waals surface area (Å²) in [6.45, 7) is 1.51. The van der Waals surface area contributed by atoms with Crippen LogP contribution in [-0.2, 0) is 11.8 Å². The topological polar surface area (TPSA) is 33.0 Å². The van der Waals surface area contributed by atoms with Crippen molar-refractivity contribution in [2.45, 2.75) is 6.92 Å². The maximum atomic E-state index is 10.9. The molecule has 1 N–H and O–H groups in total. The van der Waals surface area contributed by atoms with Crippen LogP contribution in [0.5, 0.6) is 0 Å². The molecule has 1 heterocycles. The fraction of sp³-hybridized carbons (Fsp3) is 0.167. The number of rotatable bonds is 1. The van der Waals surface area contributed by atoms with Crippen LogP contribution in [0.25, 0.3) is 10.9 Å². The molecule has 1 amide bonds. The quantitative estimate of drug-likeness (QED) is 0.532. The first-order valence-electron chi connectivity index (χ1n) is 5.11. The van der Waals surface area contributed by atoms with Crippen LogP contribution >= 0.6 is 17.8 Å². The van der Waals surface area contributed by atoms with Crippen molar-refractivity contribution in [3.63, 3.8) is 0 Å². The van der Waals surface area contributed by atoms with E-state index in [1.165, 1.54) is 6.92 Å². The first-order valence-corrected chi connectivity index (χ1v) is 10.6. The molecule has 0 aliphatic heterocycles. The molecule has 0 atom stereocenters. The number of para-hydroxylation sites is 1. The normalized spacial score (nSPS) is 9.78. The zero-order valence-corrected chi connectivity index (χ0v) is 13.6. The standard InChI is InChI=1S/C12H12N2O.Cl2I/c1-9(15)13-11-7-10-5-3-4-6-12(10)14(2)8-11;1-3-2/h3-8H,1-2H3;/q;-1/p+1. The number of anilines is 1. The maximum absolute atomic E-state index is 10.9. The number of nitrogens with one attached hydrogen (secondary N) is 1. The van der Waals surface area contributed by atoms with Gasteiger partial charge in [0.1, 0.15) is 12.7 Å². The van der Waals surface area contributed by atoms with E-state index in [1.54, 1.807) is 0 Å². The van der Waals surface area contributed by atoms with Crippen LogP contribution in [0.2, 0.25) is 0 Å². The minimum absolute atomic E-state index is 0.0507. The van der Waals surface area contributed by atoms with Crippen molar-refractivity contribution in [2.75, 3.05) is 5.32 Å². The Balaban J connectivity index is 0.000000492. The number of aromatic nitrogens is 1. The third kappa shape index (κ3) is 4.59. The summed E-state index contributed by atoms with van der Waals surface area (Å²) in [4.78, 5) is 10.9. The molecule has 3 nitrogen and oxygen atoms in total. The second kappa shape index (κ2) is 7.76. The van der Waals surface area contributed by atoms with Gasteiger partial charge in [-0.15, -0.1) is 0 Å². The summed E-state index contributed by atoms with van der Waals surface area (Å²) in [5, 5.41) is 3.89. The SMILES string of the molecule is CC(=O)Nc1cc2ccccc2[n+](C)c1.Cl[I-]Cl. The van der Waals surface area contributed by atoms with E-state index >= 15 is 0 Å². The Morgan fingerprint density at radius 3 is 2.56 bits per heavy atom. The Morgan fingerprint density at radius 1 is 1.33 bits per heavy atom. The van der Waals surface area contributed by atoms with E-state index in [0.29, 0.717) is 0 Å². The molecule has 0 bridgehead atoms. The predicted octanol–water partition coefficient (Wildman–Crippen LogP) is 0.00570. The van der Waals surface area contributed by atoms with Gasteiger partial charge in [-0.3, -0.25) is 4.79 Å². The number of nitrogens with zero attached hydrogens (tertiary/aromatic N) is 1. The van der Waals surface area contributed by atoms with Gasteiger partial charge in [0.25, 0.3) is 0 Å². The van der Waals surface area contributed by atoms with E-state index in [1.807, 2.05) is 48.1 Å². The number of benzene rings is 1. The van der Waals surface area contributed by atoms with Gasteiger partial charge in [-0.25, -0.2) is 0 Å². The van der Waals surface area contributed by atoms with E-state index < -0.39 is 18.9 Å². The van der Waals surface area contributed by atoms with Crippen LogP contribution in [-0.4, -0.2) is 5.91 Å². The fourth-order valence-electron chi connectivity index (χ4n) is 1.69. The van der Waals surface area contributed by atoms with Crippen LogP contribution in [0.3, 0.4) is 0 Å². The number of fused-ring (bicyclic) bond motifs is 1. The Labute approximate surface area is 124 Å². The molecule has 1 aromatic carbocycles. The van der Waals surface area contributed by atoms with E-state index in [0.717, 1.165) is 16.6 Å². The zero-order valence-electron chi connectivity index (χ0n) is 9.95. The molecular weight excluding hydrogens is 386 g/mol. The fourth-order valence-corrected chi connectivity index (χ4v) is 1.69. The van der Waals surface area contributed by atoms with Crippen molar-refractivity contribution in [1.29, 1.82) is 0 Å². The Bertz CT molecular complexity index is 549. The minimum atomic E-state index is -0.466. The third-order valence-electron chi connectivity index (χ3n) is 2.28. The van der Waals surface area contributed by atoms with Gasteiger partial charge >= 0.3 is 36.8 Å². The molecule has 1 aromatic heterocycles. The Morgan fingerprint density at radius 2 is 1.94 bits per heavy atom. The number of aryl methyl sites for hydroxylation is 1. The molecule has 0 saturated heterocycles. The van der Waals surface area contributed by atoms with E-state index in [-0.39, 0.29) is 5.91 Å². The van der Waals surface area contributed by atoms with Gasteiger partial charge in [-0.05, 0) is 12.1 Å². The van der Waals surface area contributed by atoms with Crippen molar-refractivity contribution in [3.8, 4) is 0 Å². The van der Waals surface area contributed by atoms with Crippen molar-refractivity contribution < 1.29 is 28.3 Å². The van der Waals surface area contributed by atoms with Gasteiger partial charge in [0.15, 0.2) is 6.20 Å². The third-order valence-corrected chi connectivity index (χ3v) is 2.28. The van der Waals surface area contributed by atoms with Gasteiger partial charge in [0.2, 0.25) is 11.4 Å². The first-order chi connectivity index (χ1) is 8.58. The summed E-state index contributed by atoms with van der Waals surface area (Å²) in [7, 11) is 11.7. The average molecular weight is 399 g/mol. The molecule has 6 heteroatoms. The molecule has 0 radical (unpaired) electrons. The molecule has 0 unspecified atom stereocenters. The summed E-state index contributed by atoms with van der Waals surface area (Å²) in [6.07, 6.45) is 1.91. The summed E-state index contributed by atoms with van der Waals surface area (Å²) in [6, 6.07) is 10.0. The van der Waals surface area contributed by atoms with Crippen LogP contribution in [0, 0.1) is 0 Å². The van der Waals surface area contributed by atoms with Crippen molar-refractivity contribution in [1.82, 2.24) is 0 Å². The van der Waals surface area contributed by atoms with Crippen molar-refractivity contribution in [3.05, 3.63) is 36.5 Å². The second-order valence-corrected chi connectivity index (χ2v) is 6.84. The Kier molecular flexibility index (Phi) is 6.67. The zero-order chi connectivity index (χ0) is 13.5. The molecule has 0 aliphatic rings. The van der Waals surface area contributed by atoms with E-state index in [9.17, 15) is 4.79 Å². The predicted molar refractivity (Wildman–Crippen MR) is 71.1 cm³/mol. The number of hydrogen-bond donors (Lipinski definition) is 1. The molecule has 0 spiro atoms. The van der Waals surface area contributed by atoms with Gasteiger partial charge in [-0.2, -0.15) is 4.57 Å². The number of carbonyl (C=O) groups excluding carboxylic acids is 1.